The predicted molar refractivity (Wildman–Crippen MR) is 47.7 cm³/mol. The first-order valence-corrected chi connectivity index (χ1v) is 4.35. The van der Waals surface area contributed by atoms with Gasteiger partial charge in [-0.05, 0) is 7.05 Å². The highest BCUT2D eigenvalue weighted by atomic mass is 32.2. The fourth-order valence-corrected chi connectivity index (χ4v) is 0.754. The zero-order chi connectivity index (χ0) is 9.23. The minimum absolute atomic E-state index is 0.0177. The van der Waals surface area contributed by atoms with Crippen molar-refractivity contribution in [2.24, 2.45) is 0 Å². The van der Waals surface area contributed by atoms with Crippen LogP contribution in [0, 0.1) is 0 Å². The Morgan fingerprint density at radius 2 is 2.33 bits per heavy atom. The summed E-state index contributed by atoms with van der Waals surface area (Å²) >= 11 is 0.308. The molecule has 12 heavy (non-hydrogen) atoms. The van der Waals surface area contributed by atoms with E-state index in [4.69, 9.17) is 4.55 Å². The monoisotopic (exact) mass is 194 g/mol. The number of amides is 1. The third-order valence-electron chi connectivity index (χ3n) is 1.16. The zero-order valence-electron chi connectivity index (χ0n) is 7.00. The van der Waals surface area contributed by atoms with Crippen molar-refractivity contribution in [3.63, 3.8) is 0 Å². The Bertz CT molecular complexity index is 123. The summed E-state index contributed by atoms with van der Waals surface area (Å²) in [6.07, 6.45) is 0.461. The molecule has 0 atom stereocenters. The van der Waals surface area contributed by atoms with Gasteiger partial charge in [-0.15, -0.1) is 0 Å². The van der Waals surface area contributed by atoms with E-state index in [2.05, 4.69) is 14.8 Å². The number of nitrogens with one attached hydrogen (secondary N) is 2. The maximum atomic E-state index is 10.9. The van der Waals surface area contributed by atoms with E-state index in [1.807, 2.05) is 0 Å². The summed E-state index contributed by atoms with van der Waals surface area (Å²) in [4.78, 5) is 10.9. The molecule has 0 unspecified atom stereocenters. The molecule has 0 aromatic rings. The average Bonchev–Trinajstić information content (AvgIpc) is 2.09. The molecule has 1 amide bonds. The van der Waals surface area contributed by atoms with Crippen molar-refractivity contribution >= 4 is 18.2 Å². The summed E-state index contributed by atoms with van der Waals surface area (Å²) in [5, 5.41) is 5.49. The molecular formula is C6H14N2O3S. The van der Waals surface area contributed by atoms with E-state index in [1.54, 1.807) is 7.05 Å². The van der Waals surface area contributed by atoms with Gasteiger partial charge in [0.05, 0.1) is 6.61 Å². The third kappa shape index (κ3) is 7.80. The van der Waals surface area contributed by atoms with Gasteiger partial charge in [0.15, 0.2) is 12.3 Å². The van der Waals surface area contributed by atoms with E-state index in [0.29, 0.717) is 38.4 Å². The molecule has 0 aromatic carbocycles. The van der Waals surface area contributed by atoms with E-state index in [9.17, 15) is 4.79 Å². The van der Waals surface area contributed by atoms with Crippen LogP contribution in [0.15, 0.2) is 0 Å². The lowest BCUT2D eigenvalue weighted by molar-refractivity contribution is -0.121. The summed E-state index contributed by atoms with van der Waals surface area (Å²) in [5.74, 6) is -0.0177. The van der Waals surface area contributed by atoms with Gasteiger partial charge in [-0.25, -0.2) is 0 Å². The summed E-state index contributed by atoms with van der Waals surface area (Å²) < 4.78 is 12.7. The van der Waals surface area contributed by atoms with Crippen LogP contribution in [0.5, 0.6) is 0 Å². The summed E-state index contributed by atoms with van der Waals surface area (Å²) in [6.45, 7) is 1.41. The molecule has 0 saturated carbocycles. The van der Waals surface area contributed by atoms with Gasteiger partial charge in [-0.1, -0.05) is 0 Å². The minimum Gasteiger partial charge on any atom is -0.354 e. The Morgan fingerprint density at radius 1 is 1.58 bits per heavy atom. The molecular weight excluding hydrogens is 180 g/mol. The number of hydrogen-bond acceptors (Lipinski definition) is 5. The minimum atomic E-state index is -0.0177. The molecule has 0 rings (SSSR count). The van der Waals surface area contributed by atoms with Gasteiger partial charge in [0, 0.05) is 19.5 Å². The van der Waals surface area contributed by atoms with E-state index in [1.165, 1.54) is 0 Å². The summed E-state index contributed by atoms with van der Waals surface area (Å²) in [7, 11) is 1.79. The molecule has 0 bridgehead atoms. The first-order chi connectivity index (χ1) is 5.81. The fourth-order valence-electron chi connectivity index (χ4n) is 0.596. The van der Waals surface area contributed by atoms with Crippen LogP contribution in [0.1, 0.15) is 6.42 Å². The second-order valence-electron chi connectivity index (χ2n) is 2.10. The van der Waals surface area contributed by atoms with Gasteiger partial charge in [-0.2, -0.15) is 0 Å². The van der Waals surface area contributed by atoms with Crippen LogP contribution in [0.25, 0.3) is 0 Å². The molecule has 0 aromatic heterocycles. The number of carbonyl (C=O) groups excluding carboxylic acids is 1. The maximum absolute atomic E-state index is 10.9. The van der Waals surface area contributed by atoms with Gasteiger partial charge in [0.1, 0.15) is 0 Å². The lowest BCUT2D eigenvalue weighted by Gasteiger charge is -2.03. The van der Waals surface area contributed by atoms with Crippen molar-refractivity contribution in [3.8, 4) is 0 Å². The Labute approximate surface area is 76.3 Å². The molecule has 5 nitrogen and oxygen atoms in total. The molecule has 72 valence electrons. The first-order valence-electron chi connectivity index (χ1n) is 3.65. The molecule has 0 radical (unpaired) electrons. The third-order valence-corrected chi connectivity index (χ3v) is 1.43. The lowest BCUT2D eigenvalue weighted by atomic mass is 10.4. The van der Waals surface area contributed by atoms with Crippen LogP contribution < -0.4 is 10.6 Å². The van der Waals surface area contributed by atoms with Crippen molar-refractivity contribution in [3.05, 3.63) is 0 Å². The second kappa shape index (κ2) is 8.79. The molecule has 3 N–H and O–H groups in total. The Hall–Kier alpha value is -0.300. The summed E-state index contributed by atoms with van der Waals surface area (Å²) in [6, 6.07) is 0. The quantitative estimate of drug-likeness (QED) is 0.388. The van der Waals surface area contributed by atoms with Crippen LogP contribution in [0.3, 0.4) is 0 Å². The molecule has 0 aliphatic carbocycles. The van der Waals surface area contributed by atoms with E-state index < -0.39 is 0 Å². The van der Waals surface area contributed by atoms with Crippen molar-refractivity contribution in [2.45, 2.75) is 6.42 Å². The van der Waals surface area contributed by atoms with Gasteiger partial charge >= 0.3 is 0 Å². The topological polar surface area (TPSA) is 70.6 Å². The first kappa shape index (κ1) is 11.7. The van der Waals surface area contributed by atoms with E-state index in [-0.39, 0.29) is 5.91 Å². The number of carbonyl (C=O) groups is 1. The smallest absolute Gasteiger partial charge is 0.221 e. The predicted octanol–water partition coefficient (Wildman–Crippen LogP) is -0.150. The van der Waals surface area contributed by atoms with Crippen LogP contribution in [0.4, 0.5) is 0 Å². The maximum Gasteiger partial charge on any atom is 0.221 e. The number of hydrogen-bond donors (Lipinski definition) is 3. The second-order valence-corrected chi connectivity index (χ2v) is 2.48. The van der Waals surface area contributed by atoms with Gasteiger partial charge in [0.2, 0.25) is 5.91 Å². The van der Waals surface area contributed by atoms with E-state index in [0.717, 1.165) is 0 Å². The van der Waals surface area contributed by atoms with Crippen molar-refractivity contribution in [1.82, 2.24) is 10.6 Å². The highest BCUT2D eigenvalue weighted by Gasteiger charge is 1.97. The highest BCUT2D eigenvalue weighted by molar-refractivity contribution is 7.88. The van der Waals surface area contributed by atoms with Crippen LogP contribution in [0.2, 0.25) is 0 Å². The molecule has 0 spiro atoms. The van der Waals surface area contributed by atoms with Crippen molar-refractivity contribution < 1.29 is 13.5 Å². The average molecular weight is 194 g/mol. The standard InChI is InChI=1S/C6H14N2O3S/c1-7-3-2-6(9)8-4-5-11-12-10/h7,10H,2-5H2,1H3,(H,8,9). The Balaban J connectivity index is 3.08. The molecule has 0 aliphatic rings. The lowest BCUT2D eigenvalue weighted by Crippen LogP contribution is -2.29. The van der Waals surface area contributed by atoms with Crippen LogP contribution in [-0.4, -0.2) is 37.2 Å². The molecule has 0 fully saturated rings. The highest BCUT2D eigenvalue weighted by Crippen LogP contribution is 1.90. The van der Waals surface area contributed by atoms with E-state index >= 15 is 0 Å². The largest absolute Gasteiger partial charge is 0.354 e. The van der Waals surface area contributed by atoms with Gasteiger partial charge < -0.3 is 15.2 Å². The molecule has 0 saturated heterocycles. The Morgan fingerprint density at radius 3 is 2.92 bits per heavy atom. The van der Waals surface area contributed by atoms with Crippen LogP contribution >= 0.6 is 12.3 Å². The summed E-state index contributed by atoms with van der Waals surface area (Å²) in [5.41, 5.74) is 0. The fraction of sp³-hybridized carbons (Fsp3) is 0.833. The Kier molecular flexibility index (Phi) is 8.57. The van der Waals surface area contributed by atoms with Crippen molar-refractivity contribution in [1.29, 1.82) is 0 Å². The molecule has 0 heterocycles. The molecule has 6 heteroatoms. The normalized spacial score (nSPS) is 9.83. The van der Waals surface area contributed by atoms with Crippen LogP contribution in [-0.2, 0) is 8.98 Å². The zero-order valence-corrected chi connectivity index (χ0v) is 7.82. The number of rotatable bonds is 7. The van der Waals surface area contributed by atoms with Crippen molar-refractivity contribution in [2.75, 3.05) is 26.7 Å². The van der Waals surface area contributed by atoms with Gasteiger partial charge in [0.25, 0.3) is 0 Å². The SMILES string of the molecule is CNCCC(=O)NCCOSO. The molecule has 0 aliphatic heterocycles. The van der Waals surface area contributed by atoms with Gasteiger partial charge in [-0.3, -0.25) is 8.98 Å².